The first kappa shape index (κ1) is 13.8. The van der Waals surface area contributed by atoms with Gasteiger partial charge in [0.05, 0.1) is 30.6 Å². The van der Waals surface area contributed by atoms with Crippen LogP contribution in [0.3, 0.4) is 0 Å². The number of rotatable bonds is 2. The Balaban J connectivity index is 1.92. The van der Waals surface area contributed by atoms with Crippen molar-refractivity contribution in [3.05, 3.63) is 34.0 Å². The van der Waals surface area contributed by atoms with E-state index in [0.29, 0.717) is 24.7 Å². The number of hydrogen-bond donors (Lipinski definition) is 1. The highest BCUT2D eigenvalue weighted by atomic mass is 79.9. The molecule has 108 valence electrons. The lowest BCUT2D eigenvalue weighted by atomic mass is 9.97. The van der Waals surface area contributed by atoms with Gasteiger partial charge in [0.2, 0.25) is 0 Å². The van der Waals surface area contributed by atoms with Gasteiger partial charge in [-0.3, -0.25) is 0 Å². The fourth-order valence-electron chi connectivity index (χ4n) is 2.41. The Kier molecular flexibility index (Phi) is 4.17. The van der Waals surface area contributed by atoms with E-state index in [-0.39, 0.29) is 0 Å². The van der Waals surface area contributed by atoms with Gasteiger partial charge in [0.1, 0.15) is 6.10 Å². The van der Waals surface area contributed by atoms with Gasteiger partial charge in [0.15, 0.2) is 11.5 Å². The molecule has 20 heavy (non-hydrogen) atoms. The molecule has 3 rings (SSSR count). The van der Waals surface area contributed by atoms with E-state index in [0.717, 1.165) is 41.5 Å². The van der Waals surface area contributed by atoms with E-state index in [4.69, 9.17) is 14.2 Å². The van der Waals surface area contributed by atoms with E-state index in [9.17, 15) is 5.11 Å². The van der Waals surface area contributed by atoms with Gasteiger partial charge in [-0.15, -0.1) is 0 Å². The molecule has 2 heterocycles. The zero-order valence-corrected chi connectivity index (χ0v) is 12.7. The Bertz CT molecular complexity index is 527. The van der Waals surface area contributed by atoms with Crippen LogP contribution in [0.5, 0.6) is 11.5 Å². The molecule has 1 aromatic carbocycles. The van der Waals surface area contributed by atoms with Crippen molar-refractivity contribution in [2.24, 2.45) is 0 Å². The zero-order valence-electron chi connectivity index (χ0n) is 11.1. The SMILES string of the molecule is OC(C1=COCCC1)c1cc(Br)c2c(c1)OCCCO2. The van der Waals surface area contributed by atoms with Gasteiger partial charge in [0.25, 0.3) is 0 Å². The predicted octanol–water partition coefficient (Wildman–Crippen LogP) is 3.34. The largest absolute Gasteiger partial charge is 0.501 e. The molecule has 1 unspecified atom stereocenters. The second kappa shape index (κ2) is 6.06. The summed E-state index contributed by atoms with van der Waals surface area (Å²) in [4.78, 5) is 0. The summed E-state index contributed by atoms with van der Waals surface area (Å²) in [7, 11) is 0. The number of aliphatic hydroxyl groups is 1. The lowest BCUT2D eigenvalue weighted by Gasteiger charge is -2.20. The van der Waals surface area contributed by atoms with Crippen LogP contribution in [-0.2, 0) is 4.74 Å². The number of hydrogen-bond acceptors (Lipinski definition) is 4. The van der Waals surface area contributed by atoms with Gasteiger partial charge in [-0.1, -0.05) is 0 Å². The molecule has 0 aromatic heterocycles. The first-order valence-corrected chi connectivity index (χ1v) is 7.62. The van der Waals surface area contributed by atoms with Crippen molar-refractivity contribution in [3.8, 4) is 11.5 Å². The van der Waals surface area contributed by atoms with Crippen molar-refractivity contribution in [1.82, 2.24) is 0 Å². The number of halogens is 1. The van der Waals surface area contributed by atoms with Crippen LogP contribution in [-0.4, -0.2) is 24.9 Å². The van der Waals surface area contributed by atoms with E-state index < -0.39 is 6.10 Å². The molecule has 5 heteroatoms. The quantitative estimate of drug-likeness (QED) is 0.896. The maximum Gasteiger partial charge on any atom is 0.175 e. The van der Waals surface area contributed by atoms with Gasteiger partial charge in [-0.05, 0) is 52.0 Å². The van der Waals surface area contributed by atoms with Crippen LogP contribution < -0.4 is 9.47 Å². The van der Waals surface area contributed by atoms with Crippen molar-refractivity contribution in [2.45, 2.75) is 25.4 Å². The van der Waals surface area contributed by atoms with Crippen LogP contribution in [0.25, 0.3) is 0 Å². The molecule has 0 amide bonds. The Morgan fingerprint density at radius 1 is 1.10 bits per heavy atom. The first-order valence-electron chi connectivity index (χ1n) is 6.83. The number of fused-ring (bicyclic) bond motifs is 1. The van der Waals surface area contributed by atoms with E-state index in [1.807, 2.05) is 12.1 Å². The summed E-state index contributed by atoms with van der Waals surface area (Å²) in [5, 5.41) is 10.5. The minimum atomic E-state index is -0.663. The number of aliphatic hydroxyl groups excluding tert-OH is 1. The normalized spacial score (nSPS) is 19.6. The summed E-state index contributed by atoms with van der Waals surface area (Å²) in [6, 6.07) is 3.74. The summed E-state index contributed by atoms with van der Waals surface area (Å²) < 4.78 is 17.5. The predicted molar refractivity (Wildman–Crippen MR) is 78.0 cm³/mol. The molecular formula is C15H17BrO4. The van der Waals surface area contributed by atoms with Gasteiger partial charge >= 0.3 is 0 Å². The smallest absolute Gasteiger partial charge is 0.175 e. The van der Waals surface area contributed by atoms with E-state index >= 15 is 0 Å². The van der Waals surface area contributed by atoms with Gasteiger partial charge in [0, 0.05) is 6.42 Å². The summed E-state index contributed by atoms with van der Waals surface area (Å²) >= 11 is 3.49. The molecule has 4 nitrogen and oxygen atoms in total. The van der Waals surface area contributed by atoms with Crippen molar-refractivity contribution >= 4 is 15.9 Å². The molecule has 0 fully saturated rings. The maximum absolute atomic E-state index is 10.5. The highest BCUT2D eigenvalue weighted by molar-refractivity contribution is 9.10. The van der Waals surface area contributed by atoms with Gasteiger partial charge in [-0.25, -0.2) is 0 Å². The van der Waals surface area contributed by atoms with E-state index in [1.165, 1.54) is 0 Å². The first-order chi connectivity index (χ1) is 9.75. The van der Waals surface area contributed by atoms with Crippen molar-refractivity contribution in [1.29, 1.82) is 0 Å². The Labute approximate surface area is 126 Å². The lowest BCUT2D eigenvalue weighted by molar-refractivity contribution is 0.170. The lowest BCUT2D eigenvalue weighted by Crippen LogP contribution is -2.08. The highest BCUT2D eigenvalue weighted by Crippen LogP contribution is 2.41. The molecule has 0 aliphatic carbocycles. The van der Waals surface area contributed by atoms with Crippen LogP contribution in [0.15, 0.2) is 28.4 Å². The summed E-state index contributed by atoms with van der Waals surface area (Å²) in [5.41, 5.74) is 1.69. The topological polar surface area (TPSA) is 47.9 Å². The molecule has 1 N–H and O–H groups in total. The minimum absolute atomic E-state index is 0.630. The van der Waals surface area contributed by atoms with Crippen LogP contribution in [0.2, 0.25) is 0 Å². The second-order valence-corrected chi connectivity index (χ2v) is 5.80. The fraction of sp³-hybridized carbons (Fsp3) is 0.467. The van der Waals surface area contributed by atoms with Crippen LogP contribution in [0, 0.1) is 0 Å². The number of benzene rings is 1. The zero-order chi connectivity index (χ0) is 13.9. The molecule has 0 saturated heterocycles. The molecule has 0 spiro atoms. The third-order valence-corrected chi connectivity index (χ3v) is 4.04. The molecule has 0 radical (unpaired) electrons. The molecule has 0 saturated carbocycles. The van der Waals surface area contributed by atoms with Crippen LogP contribution >= 0.6 is 15.9 Å². The third-order valence-electron chi connectivity index (χ3n) is 3.45. The fourth-order valence-corrected chi connectivity index (χ4v) is 2.98. The molecule has 2 aliphatic heterocycles. The summed E-state index contributed by atoms with van der Waals surface area (Å²) in [6.07, 6.45) is 3.66. The molecule has 2 aliphatic rings. The van der Waals surface area contributed by atoms with Gasteiger partial charge in [-0.2, -0.15) is 0 Å². The summed E-state index contributed by atoms with van der Waals surface area (Å²) in [6.45, 7) is 2.00. The van der Waals surface area contributed by atoms with Crippen LogP contribution in [0.4, 0.5) is 0 Å². The Morgan fingerprint density at radius 2 is 1.95 bits per heavy atom. The molecule has 1 aromatic rings. The van der Waals surface area contributed by atoms with Crippen LogP contribution in [0.1, 0.15) is 30.9 Å². The average molecular weight is 341 g/mol. The van der Waals surface area contributed by atoms with E-state index in [1.54, 1.807) is 6.26 Å². The highest BCUT2D eigenvalue weighted by Gasteiger charge is 2.21. The maximum atomic E-state index is 10.5. The van der Waals surface area contributed by atoms with E-state index in [2.05, 4.69) is 15.9 Å². The average Bonchev–Trinajstić information content (AvgIpc) is 2.73. The molecule has 1 atom stereocenters. The summed E-state index contributed by atoms with van der Waals surface area (Å²) in [5.74, 6) is 1.40. The van der Waals surface area contributed by atoms with Crippen molar-refractivity contribution in [3.63, 3.8) is 0 Å². The molecule has 0 bridgehead atoms. The minimum Gasteiger partial charge on any atom is -0.501 e. The monoisotopic (exact) mass is 340 g/mol. The van der Waals surface area contributed by atoms with Gasteiger partial charge < -0.3 is 19.3 Å². The standard InChI is InChI=1S/C15H17BrO4/c16-12-7-11(14(17)10-3-1-4-18-9-10)8-13-15(12)20-6-2-5-19-13/h7-9,14,17H,1-6H2. The third kappa shape index (κ3) is 2.79. The number of ether oxygens (including phenoxy) is 3. The molecular weight excluding hydrogens is 324 g/mol. The van der Waals surface area contributed by atoms with Crippen molar-refractivity contribution < 1.29 is 19.3 Å². The van der Waals surface area contributed by atoms with Crippen molar-refractivity contribution in [2.75, 3.05) is 19.8 Å². The Morgan fingerprint density at radius 3 is 2.75 bits per heavy atom. The Hall–Kier alpha value is -1.20. The second-order valence-electron chi connectivity index (χ2n) is 4.95.